The number of rotatable bonds is 8. The molecule has 2 heterocycles. The molecule has 1 N–H and O–H groups in total. The van der Waals surface area contributed by atoms with Gasteiger partial charge in [-0.1, -0.05) is 17.9 Å². The summed E-state index contributed by atoms with van der Waals surface area (Å²) in [7, 11) is 0. The summed E-state index contributed by atoms with van der Waals surface area (Å²) in [6.07, 6.45) is 1.96. The number of ether oxygens (including phenoxy) is 1. The summed E-state index contributed by atoms with van der Waals surface area (Å²) in [5.74, 6) is -2.04. The molecule has 0 aliphatic heterocycles. The molecule has 0 aliphatic carbocycles. The summed E-state index contributed by atoms with van der Waals surface area (Å²) >= 11 is 0. The van der Waals surface area contributed by atoms with Crippen LogP contribution in [-0.2, 0) is 24.6 Å². The molecule has 8 nitrogen and oxygen atoms in total. The van der Waals surface area contributed by atoms with Crippen molar-refractivity contribution in [2.45, 2.75) is 24.6 Å². The van der Waals surface area contributed by atoms with Crippen molar-refractivity contribution in [1.29, 1.82) is 5.26 Å². The average molecular weight is 605 g/mol. The second-order valence-electron chi connectivity index (χ2n) is 9.28. The summed E-state index contributed by atoms with van der Waals surface area (Å²) in [4.78, 5) is 3.75. The fourth-order valence-corrected chi connectivity index (χ4v) is 4.06. The van der Waals surface area contributed by atoms with Crippen LogP contribution >= 0.6 is 0 Å². The fraction of sp³-hybridized carbons (Fsp3) is 0.129. The largest absolute Gasteiger partial charge is 0.489 e. The van der Waals surface area contributed by atoms with Crippen LogP contribution in [0.25, 0.3) is 0 Å². The standard InChI is InChI=1S/C31H19F5N6O2/c32-24-8-11-26(28(34)14-24)30(43,18-42-19-39-40-41-42)31(35,36)29-12-6-21(16-38-29)2-1-20-4-9-25(10-5-20)44-17-23-7-3-22(15-37)13-27(23)33/h3-14,16,19,43H,17-18H2/t30-/m0/s1/i17D2. The Labute approximate surface area is 249 Å². The van der Waals surface area contributed by atoms with Gasteiger partial charge in [-0.15, -0.1) is 5.10 Å². The number of aliphatic hydroxyl groups is 1. The van der Waals surface area contributed by atoms with Crippen LogP contribution in [0.2, 0.25) is 0 Å². The van der Waals surface area contributed by atoms with Gasteiger partial charge in [0.15, 0.2) is 5.60 Å². The van der Waals surface area contributed by atoms with E-state index in [-0.39, 0.29) is 16.9 Å². The lowest BCUT2D eigenvalue weighted by molar-refractivity contribution is -0.207. The minimum Gasteiger partial charge on any atom is -0.489 e. The number of nitriles is 1. The molecule has 5 rings (SSSR count). The summed E-state index contributed by atoms with van der Waals surface area (Å²) in [5, 5.41) is 30.3. The Bertz CT molecular complexity index is 1980. The van der Waals surface area contributed by atoms with Crippen molar-refractivity contribution in [1.82, 2.24) is 25.2 Å². The van der Waals surface area contributed by atoms with E-state index in [1.54, 1.807) is 6.07 Å². The van der Waals surface area contributed by atoms with Crippen LogP contribution in [0.15, 0.2) is 85.3 Å². The minimum atomic E-state index is -4.23. The van der Waals surface area contributed by atoms with E-state index in [1.807, 2.05) is 0 Å². The first-order valence-electron chi connectivity index (χ1n) is 13.6. The van der Waals surface area contributed by atoms with Crippen LogP contribution in [0.4, 0.5) is 22.0 Å². The maximum atomic E-state index is 15.9. The van der Waals surface area contributed by atoms with Crippen LogP contribution < -0.4 is 4.74 Å². The average Bonchev–Trinajstić information content (AvgIpc) is 3.53. The maximum absolute atomic E-state index is 15.9. The molecule has 44 heavy (non-hydrogen) atoms. The molecule has 13 heteroatoms. The third-order valence-electron chi connectivity index (χ3n) is 6.35. The number of pyridine rings is 1. The second kappa shape index (κ2) is 12.3. The molecule has 2 aromatic heterocycles. The lowest BCUT2D eigenvalue weighted by Gasteiger charge is -2.35. The zero-order valence-corrected chi connectivity index (χ0v) is 22.2. The van der Waals surface area contributed by atoms with Gasteiger partial charge >= 0.3 is 5.92 Å². The van der Waals surface area contributed by atoms with Crippen LogP contribution in [0.5, 0.6) is 5.75 Å². The summed E-state index contributed by atoms with van der Waals surface area (Å²) in [6.45, 7) is -3.55. The molecule has 5 aromatic rings. The minimum absolute atomic E-state index is 0.0290. The Kier molecular flexibility index (Phi) is 7.60. The molecule has 0 amide bonds. The van der Waals surface area contributed by atoms with Crippen LogP contribution in [0.1, 0.15) is 36.3 Å². The number of benzene rings is 3. The van der Waals surface area contributed by atoms with E-state index >= 15 is 8.78 Å². The number of tetrazole rings is 1. The summed E-state index contributed by atoms with van der Waals surface area (Å²) in [6, 6.07) is 14.7. The number of aromatic nitrogens is 5. The van der Waals surface area contributed by atoms with E-state index in [2.05, 4.69) is 32.4 Å². The molecule has 220 valence electrons. The van der Waals surface area contributed by atoms with Gasteiger partial charge in [0, 0.05) is 34.5 Å². The topological polar surface area (TPSA) is 110 Å². The van der Waals surface area contributed by atoms with E-state index in [0.717, 1.165) is 41.5 Å². The molecule has 0 fully saturated rings. The first kappa shape index (κ1) is 27.2. The highest BCUT2D eigenvalue weighted by Crippen LogP contribution is 2.46. The van der Waals surface area contributed by atoms with Crippen molar-refractivity contribution in [2.75, 3.05) is 0 Å². The van der Waals surface area contributed by atoms with Crippen LogP contribution in [-0.4, -0.2) is 30.3 Å². The normalized spacial score (nSPS) is 13.5. The van der Waals surface area contributed by atoms with E-state index < -0.39 is 58.9 Å². The Balaban J connectivity index is 1.34. The fourth-order valence-electron chi connectivity index (χ4n) is 4.06. The zero-order chi connectivity index (χ0) is 33.1. The lowest BCUT2D eigenvalue weighted by Crippen LogP contribution is -2.48. The first-order valence-corrected chi connectivity index (χ1v) is 12.6. The van der Waals surface area contributed by atoms with Crippen LogP contribution in [0, 0.1) is 40.6 Å². The molecular weight excluding hydrogens is 583 g/mol. The zero-order valence-electron chi connectivity index (χ0n) is 24.2. The molecule has 3 aromatic carbocycles. The van der Waals surface area contributed by atoms with Gasteiger partial charge in [-0.2, -0.15) is 14.0 Å². The number of halogens is 5. The molecule has 1 atom stereocenters. The van der Waals surface area contributed by atoms with Gasteiger partial charge in [0.2, 0.25) is 0 Å². The summed E-state index contributed by atoms with van der Waals surface area (Å²) in [5.41, 5.74) is -4.87. The van der Waals surface area contributed by atoms with Crippen molar-refractivity contribution in [3.05, 3.63) is 136 Å². The predicted octanol–water partition coefficient (Wildman–Crippen LogP) is 5.02. The monoisotopic (exact) mass is 604 g/mol. The third kappa shape index (κ3) is 6.23. The predicted molar refractivity (Wildman–Crippen MR) is 144 cm³/mol. The number of hydrogen-bond acceptors (Lipinski definition) is 7. The smallest absolute Gasteiger partial charge is 0.323 e. The summed E-state index contributed by atoms with van der Waals surface area (Å²) < 4.78 is 96.7. The molecule has 0 unspecified atom stereocenters. The molecular formula is C31H19F5N6O2. The number of nitrogens with zero attached hydrogens (tertiary/aromatic N) is 6. The van der Waals surface area contributed by atoms with E-state index in [9.17, 15) is 18.3 Å². The number of alkyl halides is 2. The Morgan fingerprint density at radius 1 is 0.909 bits per heavy atom. The molecule has 0 saturated heterocycles. The van der Waals surface area contributed by atoms with Crippen molar-refractivity contribution in [2.24, 2.45) is 0 Å². The highest BCUT2D eigenvalue weighted by atomic mass is 19.3. The molecule has 0 bridgehead atoms. The van der Waals surface area contributed by atoms with Crippen molar-refractivity contribution in [3.8, 4) is 23.7 Å². The van der Waals surface area contributed by atoms with Gasteiger partial charge in [-0.05, 0) is 71.1 Å². The van der Waals surface area contributed by atoms with Gasteiger partial charge in [0.25, 0.3) is 0 Å². The molecule has 0 radical (unpaired) electrons. The van der Waals surface area contributed by atoms with E-state index in [4.69, 9.17) is 12.7 Å². The van der Waals surface area contributed by atoms with Crippen molar-refractivity contribution in [3.63, 3.8) is 0 Å². The van der Waals surface area contributed by atoms with Crippen molar-refractivity contribution >= 4 is 0 Å². The third-order valence-corrected chi connectivity index (χ3v) is 6.35. The van der Waals surface area contributed by atoms with E-state index in [1.165, 1.54) is 36.4 Å². The Hall–Kier alpha value is -5.66. The highest BCUT2D eigenvalue weighted by molar-refractivity contribution is 5.44. The van der Waals surface area contributed by atoms with Gasteiger partial charge in [0.05, 0.1) is 20.9 Å². The highest BCUT2D eigenvalue weighted by Gasteiger charge is 2.58. The quantitative estimate of drug-likeness (QED) is 0.196. The SMILES string of the molecule is [2H]C([2H])(Oc1ccc(C#Cc2ccc(C(F)(F)[C@](O)(Cn3cnnn3)c3ccc(F)cc3F)nc2)cc1)c1ccc(C#N)cc1F. The molecule has 0 saturated carbocycles. The molecule has 0 spiro atoms. The van der Waals surface area contributed by atoms with Gasteiger partial charge in [-0.25, -0.2) is 17.9 Å². The number of hydrogen-bond donors (Lipinski definition) is 1. The Morgan fingerprint density at radius 2 is 1.64 bits per heavy atom. The van der Waals surface area contributed by atoms with Gasteiger partial charge < -0.3 is 9.84 Å². The first-order chi connectivity index (χ1) is 21.8. The Morgan fingerprint density at radius 3 is 2.27 bits per heavy atom. The van der Waals surface area contributed by atoms with E-state index in [0.29, 0.717) is 17.7 Å². The van der Waals surface area contributed by atoms with Crippen LogP contribution in [0.3, 0.4) is 0 Å². The van der Waals surface area contributed by atoms with Gasteiger partial charge in [-0.3, -0.25) is 4.98 Å². The molecule has 0 aliphatic rings. The van der Waals surface area contributed by atoms with Crippen molar-refractivity contribution < 1.29 is 34.5 Å². The maximum Gasteiger partial charge on any atom is 0.323 e. The van der Waals surface area contributed by atoms with Gasteiger partial charge in [0.1, 0.15) is 41.8 Å². The second-order valence-corrected chi connectivity index (χ2v) is 9.28. The lowest BCUT2D eigenvalue weighted by atomic mass is 9.84.